The van der Waals surface area contributed by atoms with E-state index in [9.17, 15) is 18.3 Å². The molecule has 0 spiro atoms. The highest BCUT2D eigenvalue weighted by Gasteiger charge is 2.40. The molecule has 19 heavy (non-hydrogen) atoms. The Hall–Kier alpha value is -0.620. The fourth-order valence-electron chi connectivity index (χ4n) is 2.57. The molecule has 0 aromatic rings. The van der Waals surface area contributed by atoms with Crippen molar-refractivity contribution in [3.8, 4) is 0 Å². The van der Waals surface area contributed by atoms with Crippen molar-refractivity contribution in [2.45, 2.75) is 53.0 Å². The Kier molecular flexibility index (Phi) is 5.01. The molecule has 1 aliphatic rings. The van der Waals surface area contributed by atoms with Crippen LogP contribution < -0.4 is 0 Å². The molecule has 1 N–H and O–H groups in total. The van der Waals surface area contributed by atoms with Gasteiger partial charge in [-0.3, -0.25) is 4.79 Å². The van der Waals surface area contributed by atoms with Crippen LogP contribution >= 0.6 is 0 Å². The molecule has 2 atom stereocenters. The van der Waals surface area contributed by atoms with E-state index in [1.807, 2.05) is 27.7 Å². The number of hydrogen-bond donors (Lipinski definition) is 1. The lowest BCUT2D eigenvalue weighted by Gasteiger charge is -2.37. The third-order valence-electron chi connectivity index (χ3n) is 3.50. The first-order valence-electron chi connectivity index (χ1n) is 6.79. The fraction of sp³-hybridized carbons (Fsp3) is 0.923. The van der Waals surface area contributed by atoms with Crippen LogP contribution in [0.15, 0.2) is 0 Å². The zero-order chi connectivity index (χ0) is 14.8. The van der Waals surface area contributed by atoms with Crippen LogP contribution in [-0.2, 0) is 14.8 Å². The second kappa shape index (κ2) is 5.79. The summed E-state index contributed by atoms with van der Waals surface area (Å²) in [5.41, 5.74) is -0.372. The van der Waals surface area contributed by atoms with Gasteiger partial charge in [0.1, 0.15) is 6.04 Å². The summed E-state index contributed by atoms with van der Waals surface area (Å²) in [6.07, 6.45) is 2.08. The van der Waals surface area contributed by atoms with Crippen LogP contribution in [0.25, 0.3) is 0 Å². The Morgan fingerprint density at radius 2 is 1.95 bits per heavy atom. The van der Waals surface area contributed by atoms with Crippen LogP contribution in [0.3, 0.4) is 0 Å². The fourth-order valence-corrected chi connectivity index (χ4v) is 4.78. The van der Waals surface area contributed by atoms with E-state index in [0.717, 1.165) is 12.8 Å². The summed E-state index contributed by atoms with van der Waals surface area (Å²) in [4.78, 5) is 11.3. The quantitative estimate of drug-likeness (QED) is 0.859. The van der Waals surface area contributed by atoms with Crippen LogP contribution in [0.1, 0.15) is 47.0 Å². The normalized spacial score (nSPS) is 26.3. The molecule has 1 aliphatic heterocycles. The van der Waals surface area contributed by atoms with Crippen molar-refractivity contribution in [2.75, 3.05) is 12.3 Å². The zero-order valence-electron chi connectivity index (χ0n) is 12.2. The number of carboxylic acids is 1. The van der Waals surface area contributed by atoms with Gasteiger partial charge in [0.15, 0.2) is 0 Å². The summed E-state index contributed by atoms with van der Waals surface area (Å²) >= 11 is 0. The standard InChI is InChI=1S/C13H25NO4S/c1-5-10-6-7-14(11(8-10)12(15)16)19(17,18)9-13(2,3)4/h10-11H,5-9H2,1-4H3,(H,15,16). The van der Waals surface area contributed by atoms with Crippen molar-refractivity contribution in [1.82, 2.24) is 4.31 Å². The molecular formula is C13H25NO4S. The number of rotatable bonds is 4. The second-order valence-electron chi connectivity index (χ2n) is 6.58. The minimum Gasteiger partial charge on any atom is -0.480 e. The first kappa shape index (κ1) is 16.4. The minimum absolute atomic E-state index is 0.0133. The zero-order valence-corrected chi connectivity index (χ0v) is 13.0. The van der Waals surface area contributed by atoms with E-state index in [2.05, 4.69) is 0 Å². The average molecular weight is 291 g/mol. The Morgan fingerprint density at radius 3 is 2.37 bits per heavy atom. The number of sulfonamides is 1. The molecule has 5 nitrogen and oxygen atoms in total. The van der Waals surface area contributed by atoms with Gasteiger partial charge in [0.25, 0.3) is 0 Å². The van der Waals surface area contributed by atoms with E-state index in [4.69, 9.17) is 0 Å². The van der Waals surface area contributed by atoms with Crippen molar-refractivity contribution in [1.29, 1.82) is 0 Å². The molecule has 6 heteroatoms. The monoisotopic (exact) mass is 291 g/mol. The Bertz CT molecular complexity index is 424. The molecular weight excluding hydrogens is 266 g/mol. The average Bonchev–Trinajstić information content (AvgIpc) is 2.24. The van der Waals surface area contributed by atoms with Crippen LogP contribution in [0.4, 0.5) is 0 Å². The third kappa shape index (κ3) is 4.45. The summed E-state index contributed by atoms with van der Waals surface area (Å²) in [5, 5.41) is 9.28. The number of carboxylic acid groups (broad SMARTS) is 1. The van der Waals surface area contributed by atoms with Crippen LogP contribution in [0.5, 0.6) is 0 Å². The number of nitrogens with zero attached hydrogens (tertiary/aromatic N) is 1. The summed E-state index contributed by atoms with van der Waals surface area (Å²) in [7, 11) is -3.51. The van der Waals surface area contributed by atoms with Gasteiger partial charge in [-0.2, -0.15) is 4.31 Å². The van der Waals surface area contributed by atoms with Gasteiger partial charge in [0.2, 0.25) is 10.0 Å². The topological polar surface area (TPSA) is 74.7 Å². The summed E-state index contributed by atoms with van der Waals surface area (Å²) in [6, 6.07) is -0.897. The second-order valence-corrected chi connectivity index (χ2v) is 8.50. The predicted octanol–water partition coefficient (Wildman–Crippen LogP) is 1.94. The molecule has 0 saturated carbocycles. The van der Waals surface area contributed by atoms with Gasteiger partial charge in [-0.25, -0.2) is 8.42 Å². The summed E-state index contributed by atoms with van der Waals surface area (Å²) in [6.45, 7) is 7.88. The Balaban J connectivity index is 2.94. The molecule has 0 bridgehead atoms. The highest BCUT2D eigenvalue weighted by Crippen LogP contribution is 2.29. The smallest absolute Gasteiger partial charge is 0.322 e. The molecule has 0 amide bonds. The Morgan fingerprint density at radius 1 is 1.37 bits per heavy atom. The van der Waals surface area contributed by atoms with Crippen molar-refractivity contribution in [2.24, 2.45) is 11.3 Å². The van der Waals surface area contributed by atoms with Gasteiger partial charge >= 0.3 is 5.97 Å². The van der Waals surface area contributed by atoms with Gasteiger partial charge in [0, 0.05) is 6.54 Å². The highest BCUT2D eigenvalue weighted by atomic mass is 32.2. The number of carbonyl (C=O) groups is 1. The lowest BCUT2D eigenvalue weighted by molar-refractivity contribution is -0.143. The van der Waals surface area contributed by atoms with E-state index >= 15 is 0 Å². The first-order chi connectivity index (χ1) is 8.57. The maximum absolute atomic E-state index is 12.4. The molecule has 0 radical (unpaired) electrons. The van der Waals surface area contributed by atoms with E-state index in [1.54, 1.807) is 0 Å². The molecule has 1 saturated heterocycles. The minimum atomic E-state index is -3.51. The molecule has 1 fully saturated rings. The SMILES string of the molecule is CCC1CCN(S(=O)(=O)CC(C)(C)C)C(C(=O)O)C1. The van der Waals surface area contributed by atoms with E-state index in [1.165, 1.54) is 4.31 Å². The van der Waals surface area contributed by atoms with E-state index in [0.29, 0.717) is 18.9 Å². The van der Waals surface area contributed by atoms with Crippen molar-refractivity contribution >= 4 is 16.0 Å². The van der Waals surface area contributed by atoms with E-state index < -0.39 is 22.0 Å². The largest absolute Gasteiger partial charge is 0.480 e. The molecule has 112 valence electrons. The molecule has 1 rings (SSSR count). The van der Waals surface area contributed by atoms with Gasteiger partial charge < -0.3 is 5.11 Å². The number of hydrogen-bond acceptors (Lipinski definition) is 3. The molecule has 0 aliphatic carbocycles. The Labute approximate surface area is 116 Å². The van der Waals surface area contributed by atoms with Crippen LogP contribution in [-0.4, -0.2) is 42.1 Å². The van der Waals surface area contributed by atoms with Gasteiger partial charge in [-0.05, 0) is 24.2 Å². The third-order valence-corrected chi connectivity index (χ3v) is 5.88. The highest BCUT2D eigenvalue weighted by molar-refractivity contribution is 7.89. The van der Waals surface area contributed by atoms with Gasteiger partial charge in [-0.1, -0.05) is 34.1 Å². The number of aliphatic carboxylic acids is 1. The lowest BCUT2D eigenvalue weighted by atomic mass is 9.90. The van der Waals surface area contributed by atoms with Crippen LogP contribution in [0.2, 0.25) is 0 Å². The molecule has 2 unspecified atom stereocenters. The van der Waals surface area contributed by atoms with E-state index in [-0.39, 0.29) is 11.2 Å². The maximum Gasteiger partial charge on any atom is 0.322 e. The molecule has 0 aromatic carbocycles. The van der Waals surface area contributed by atoms with Crippen molar-refractivity contribution < 1.29 is 18.3 Å². The molecule has 0 aromatic heterocycles. The van der Waals surface area contributed by atoms with Gasteiger partial charge in [0.05, 0.1) is 5.75 Å². The maximum atomic E-state index is 12.4. The summed E-state index contributed by atoms with van der Waals surface area (Å²) < 4.78 is 25.9. The van der Waals surface area contributed by atoms with Crippen molar-refractivity contribution in [3.05, 3.63) is 0 Å². The van der Waals surface area contributed by atoms with Crippen molar-refractivity contribution in [3.63, 3.8) is 0 Å². The number of piperidine rings is 1. The predicted molar refractivity (Wildman–Crippen MR) is 74.4 cm³/mol. The molecule has 1 heterocycles. The first-order valence-corrected chi connectivity index (χ1v) is 8.40. The van der Waals surface area contributed by atoms with Crippen LogP contribution in [0, 0.1) is 11.3 Å². The van der Waals surface area contributed by atoms with Gasteiger partial charge in [-0.15, -0.1) is 0 Å². The lowest BCUT2D eigenvalue weighted by Crippen LogP contribution is -2.51. The summed E-state index contributed by atoms with van der Waals surface area (Å²) in [5.74, 6) is -0.738.